The zero-order valence-electron chi connectivity index (χ0n) is 9.96. The zero-order valence-corrected chi connectivity index (χ0v) is 12.4. The van der Waals surface area contributed by atoms with Crippen molar-refractivity contribution in [3.8, 4) is 0 Å². The Bertz CT molecular complexity index is 718. The minimum absolute atomic E-state index is 0.0520. The van der Waals surface area contributed by atoms with Crippen LogP contribution in [0.1, 0.15) is 5.56 Å². The number of hydrogen-bond donors (Lipinski definition) is 2. The number of nitrogen functional groups attached to an aromatic ring is 1. The van der Waals surface area contributed by atoms with Crippen LogP contribution in [0.2, 0.25) is 0 Å². The molecular weight excluding hydrogens is 332 g/mol. The number of aromatic nitrogens is 2. The van der Waals surface area contributed by atoms with Crippen LogP contribution in [0.3, 0.4) is 0 Å². The summed E-state index contributed by atoms with van der Waals surface area (Å²) in [7, 11) is -3.79. The van der Waals surface area contributed by atoms with Gasteiger partial charge >= 0.3 is 0 Å². The molecule has 0 spiro atoms. The second-order valence-corrected chi connectivity index (χ2v) is 6.32. The molecule has 0 aliphatic carbocycles. The maximum Gasteiger partial charge on any atom is 0.266 e. The Kier molecular flexibility index (Phi) is 3.72. The predicted molar refractivity (Wildman–Crippen MR) is 76.1 cm³/mol. The van der Waals surface area contributed by atoms with Crippen molar-refractivity contribution < 1.29 is 8.42 Å². The molecule has 6 nitrogen and oxygen atoms in total. The van der Waals surface area contributed by atoms with Gasteiger partial charge in [0.15, 0.2) is 0 Å². The minimum Gasteiger partial charge on any atom is -0.383 e. The molecule has 0 fully saturated rings. The largest absolute Gasteiger partial charge is 0.383 e. The lowest BCUT2D eigenvalue weighted by Crippen LogP contribution is -2.16. The van der Waals surface area contributed by atoms with Crippen LogP contribution in [0.4, 0.5) is 11.6 Å². The van der Waals surface area contributed by atoms with Gasteiger partial charge in [-0.05, 0) is 46.6 Å². The van der Waals surface area contributed by atoms with Crippen LogP contribution in [0.15, 0.2) is 40.0 Å². The second kappa shape index (κ2) is 5.14. The zero-order chi connectivity index (χ0) is 14.0. The molecule has 0 radical (unpaired) electrons. The first-order valence-electron chi connectivity index (χ1n) is 5.25. The summed E-state index contributed by atoms with van der Waals surface area (Å²) in [6, 6.07) is 4.51. The van der Waals surface area contributed by atoms with Gasteiger partial charge in [0.05, 0.1) is 0 Å². The highest BCUT2D eigenvalue weighted by Crippen LogP contribution is 2.21. The monoisotopic (exact) mass is 342 g/mol. The molecule has 0 amide bonds. The van der Waals surface area contributed by atoms with Crippen LogP contribution >= 0.6 is 15.9 Å². The van der Waals surface area contributed by atoms with Crippen LogP contribution in [0.5, 0.6) is 0 Å². The standard InChI is InChI=1S/C11H11BrN4O2S/c1-7-5-10(15-6-8(7)12)16-19(17,18)9-3-2-4-14-11(9)13/h2-6H,1H3,(H2,13,14)(H,15,16). The summed E-state index contributed by atoms with van der Waals surface area (Å²) < 4.78 is 27.4. The molecule has 0 atom stereocenters. The van der Waals surface area contributed by atoms with Gasteiger partial charge in [0.1, 0.15) is 16.5 Å². The van der Waals surface area contributed by atoms with Crippen LogP contribution in [-0.4, -0.2) is 18.4 Å². The molecule has 0 saturated carbocycles. The molecule has 19 heavy (non-hydrogen) atoms. The number of aryl methyl sites for hydroxylation is 1. The van der Waals surface area contributed by atoms with Gasteiger partial charge in [-0.3, -0.25) is 4.72 Å². The molecule has 0 unspecified atom stereocenters. The maximum absolute atomic E-state index is 12.1. The maximum atomic E-state index is 12.1. The number of anilines is 2. The van der Waals surface area contributed by atoms with E-state index < -0.39 is 10.0 Å². The van der Waals surface area contributed by atoms with Crippen molar-refractivity contribution in [3.05, 3.63) is 40.6 Å². The molecule has 2 rings (SSSR count). The van der Waals surface area contributed by atoms with Gasteiger partial charge in [0.25, 0.3) is 10.0 Å². The number of pyridine rings is 2. The Morgan fingerprint density at radius 1 is 1.37 bits per heavy atom. The van der Waals surface area contributed by atoms with E-state index in [1.165, 1.54) is 24.5 Å². The Balaban J connectivity index is 2.37. The Morgan fingerprint density at radius 3 is 2.74 bits per heavy atom. The Labute approximate surface area is 119 Å². The van der Waals surface area contributed by atoms with Crippen LogP contribution in [0, 0.1) is 6.92 Å². The third-order valence-corrected chi connectivity index (χ3v) is 4.61. The SMILES string of the molecule is Cc1cc(NS(=O)(=O)c2cccnc2N)ncc1Br. The highest BCUT2D eigenvalue weighted by atomic mass is 79.9. The van der Waals surface area contributed by atoms with Crippen molar-refractivity contribution in [3.63, 3.8) is 0 Å². The molecule has 2 aromatic heterocycles. The third kappa shape index (κ3) is 3.02. The van der Waals surface area contributed by atoms with Crippen molar-refractivity contribution in [2.24, 2.45) is 0 Å². The summed E-state index contributed by atoms with van der Waals surface area (Å²) in [6.45, 7) is 1.84. The lowest BCUT2D eigenvalue weighted by atomic mass is 10.3. The molecule has 0 aliphatic rings. The van der Waals surface area contributed by atoms with Gasteiger partial charge in [-0.15, -0.1) is 0 Å². The van der Waals surface area contributed by atoms with Gasteiger partial charge in [0, 0.05) is 16.9 Å². The number of sulfonamides is 1. The van der Waals surface area contributed by atoms with E-state index in [9.17, 15) is 8.42 Å². The fraction of sp³-hybridized carbons (Fsp3) is 0.0909. The average molecular weight is 343 g/mol. The molecule has 0 aliphatic heterocycles. The number of rotatable bonds is 3. The van der Waals surface area contributed by atoms with E-state index in [-0.39, 0.29) is 16.5 Å². The lowest BCUT2D eigenvalue weighted by Gasteiger charge is -2.09. The normalized spacial score (nSPS) is 11.3. The Morgan fingerprint density at radius 2 is 2.11 bits per heavy atom. The molecule has 0 saturated heterocycles. The minimum atomic E-state index is -3.79. The fourth-order valence-electron chi connectivity index (χ4n) is 1.42. The van der Waals surface area contributed by atoms with Crippen molar-refractivity contribution in [1.82, 2.24) is 9.97 Å². The molecule has 0 aromatic carbocycles. The molecule has 100 valence electrons. The van der Waals surface area contributed by atoms with Gasteiger partial charge < -0.3 is 5.73 Å². The van der Waals surface area contributed by atoms with Gasteiger partial charge in [-0.2, -0.15) is 0 Å². The first kappa shape index (κ1) is 13.8. The number of nitrogens with zero attached hydrogens (tertiary/aromatic N) is 2. The first-order valence-corrected chi connectivity index (χ1v) is 7.53. The molecule has 8 heteroatoms. The van der Waals surface area contributed by atoms with Crippen molar-refractivity contribution in [1.29, 1.82) is 0 Å². The number of hydrogen-bond acceptors (Lipinski definition) is 5. The fourth-order valence-corrected chi connectivity index (χ4v) is 2.72. The number of nitrogens with one attached hydrogen (secondary N) is 1. The van der Waals surface area contributed by atoms with Gasteiger partial charge in [-0.1, -0.05) is 0 Å². The summed E-state index contributed by atoms with van der Waals surface area (Å²) >= 11 is 3.30. The summed E-state index contributed by atoms with van der Waals surface area (Å²) in [5.74, 6) is 0.174. The van der Waals surface area contributed by atoms with E-state index in [0.29, 0.717) is 0 Å². The molecular formula is C11H11BrN4O2S. The van der Waals surface area contributed by atoms with Crippen molar-refractivity contribution in [2.75, 3.05) is 10.5 Å². The number of halogens is 1. The van der Waals surface area contributed by atoms with E-state index in [0.717, 1.165) is 10.0 Å². The Hall–Kier alpha value is -1.67. The number of nitrogens with two attached hydrogens (primary N) is 1. The third-order valence-electron chi connectivity index (χ3n) is 2.38. The molecule has 0 bridgehead atoms. The quantitative estimate of drug-likeness (QED) is 0.887. The first-order chi connectivity index (χ1) is 8.90. The van der Waals surface area contributed by atoms with Crippen molar-refractivity contribution >= 4 is 37.6 Å². The highest BCUT2D eigenvalue weighted by molar-refractivity contribution is 9.10. The lowest BCUT2D eigenvalue weighted by molar-refractivity contribution is 0.601. The highest BCUT2D eigenvalue weighted by Gasteiger charge is 2.18. The predicted octanol–water partition coefficient (Wildman–Crippen LogP) is 1.93. The summed E-state index contributed by atoms with van der Waals surface area (Å²) in [5, 5.41) is 0. The van der Waals surface area contributed by atoms with Crippen LogP contribution in [0.25, 0.3) is 0 Å². The van der Waals surface area contributed by atoms with E-state index in [1.54, 1.807) is 6.07 Å². The summed E-state index contributed by atoms with van der Waals surface area (Å²) in [5.41, 5.74) is 6.42. The average Bonchev–Trinajstić information content (AvgIpc) is 2.34. The molecule has 2 heterocycles. The van der Waals surface area contributed by atoms with Gasteiger partial charge in [0.2, 0.25) is 0 Å². The molecule has 2 aromatic rings. The summed E-state index contributed by atoms with van der Waals surface area (Å²) in [4.78, 5) is 7.66. The second-order valence-electron chi connectivity index (χ2n) is 3.81. The van der Waals surface area contributed by atoms with E-state index in [1.807, 2.05) is 6.92 Å². The smallest absolute Gasteiger partial charge is 0.266 e. The van der Waals surface area contributed by atoms with E-state index >= 15 is 0 Å². The van der Waals surface area contributed by atoms with Crippen LogP contribution in [-0.2, 0) is 10.0 Å². The van der Waals surface area contributed by atoms with Crippen LogP contribution < -0.4 is 10.5 Å². The summed E-state index contributed by atoms with van der Waals surface area (Å²) in [6.07, 6.45) is 2.95. The van der Waals surface area contributed by atoms with Gasteiger partial charge in [-0.25, -0.2) is 18.4 Å². The van der Waals surface area contributed by atoms with Crippen molar-refractivity contribution in [2.45, 2.75) is 11.8 Å². The van der Waals surface area contributed by atoms with E-state index in [2.05, 4.69) is 30.6 Å². The van der Waals surface area contributed by atoms with E-state index in [4.69, 9.17) is 5.73 Å². The topological polar surface area (TPSA) is 98.0 Å². The molecule has 3 N–H and O–H groups in total.